The molecule has 0 saturated carbocycles. The fourth-order valence-electron chi connectivity index (χ4n) is 3.99. The van der Waals surface area contributed by atoms with E-state index in [2.05, 4.69) is 6.92 Å². The zero-order valence-electron chi connectivity index (χ0n) is 16.6. The number of rotatable bonds is 11. The van der Waals surface area contributed by atoms with Crippen molar-refractivity contribution in [1.82, 2.24) is 0 Å². The van der Waals surface area contributed by atoms with Crippen molar-refractivity contribution in [1.29, 1.82) is 0 Å². The molecule has 0 aromatic heterocycles. The Balaban J connectivity index is 1.69. The van der Waals surface area contributed by atoms with E-state index in [0.717, 1.165) is 6.42 Å². The van der Waals surface area contributed by atoms with Gasteiger partial charge in [-0.2, -0.15) is 4.39 Å². The smallest absolute Gasteiger partial charge is 0.200 e. The Morgan fingerprint density at radius 2 is 1.73 bits per heavy atom. The first-order chi connectivity index (χ1) is 12.7. The van der Waals surface area contributed by atoms with Crippen molar-refractivity contribution in [3.05, 3.63) is 29.3 Å². The van der Waals surface area contributed by atoms with Crippen LogP contribution in [0.25, 0.3) is 0 Å². The second kappa shape index (κ2) is 11.7. The molecule has 1 aliphatic rings. The first-order valence-corrected chi connectivity index (χ1v) is 12.7. The maximum atomic E-state index is 14.2. The Hall–Kier alpha value is -0.903. The summed E-state index contributed by atoms with van der Waals surface area (Å²) in [5.41, 5.74) is 0.498. The summed E-state index contributed by atoms with van der Waals surface area (Å²) in [6, 6.07) is 7.59. The van der Waals surface area contributed by atoms with Crippen molar-refractivity contribution in [2.24, 2.45) is 5.92 Å². The van der Waals surface area contributed by atoms with Gasteiger partial charge in [0.1, 0.15) is 0 Å². The molecule has 1 nitrogen and oxygen atoms in total. The lowest BCUT2D eigenvalue weighted by Crippen LogP contribution is -2.21. The molecule has 147 valence electrons. The fraction of sp³-hybridized carbons (Fsp3) is 0.727. The molecule has 1 aromatic carbocycles. The van der Waals surface area contributed by atoms with Gasteiger partial charge < -0.3 is 4.74 Å². The maximum Gasteiger partial charge on any atom is 0.200 e. The van der Waals surface area contributed by atoms with Crippen molar-refractivity contribution in [2.75, 3.05) is 6.61 Å². The normalized spacial score (nSPS) is 16.2. The van der Waals surface area contributed by atoms with E-state index in [1.807, 2.05) is 0 Å². The van der Waals surface area contributed by atoms with Crippen LogP contribution in [0.2, 0.25) is 18.1 Å². The largest absolute Gasteiger partial charge is 0.491 e. The van der Waals surface area contributed by atoms with Gasteiger partial charge in [0.05, 0.1) is 6.61 Å². The van der Waals surface area contributed by atoms with Crippen molar-refractivity contribution < 1.29 is 13.5 Å². The van der Waals surface area contributed by atoms with Gasteiger partial charge in [0.15, 0.2) is 11.6 Å². The van der Waals surface area contributed by atoms with Crippen LogP contribution in [0.1, 0.15) is 70.8 Å². The molecule has 4 heteroatoms. The maximum absolute atomic E-state index is 14.2. The lowest BCUT2D eigenvalue weighted by atomic mass is 9.94. The zero-order chi connectivity index (χ0) is 18.8. The number of hydrogen-bond donors (Lipinski definition) is 0. The quantitative estimate of drug-likeness (QED) is 0.291. The van der Waals surface area contributed by atoms with Gasteiger partial charge in [-0.3, -0.25) is 0 Å². The molecule has 0 amide bonds. The number of ether oxygens (including phenoxy) is 1. The number of unbranched alkanes of at least 4 members (excludes halogenated alkanes) is 4. The number of hydrogen-bond acceptors (Lipinski definition) is 1. The molecule has 26 heavy (non-hydrogen) atoms. The number of aryl methyl sites for hydroxylation is 1. The molecule has 0 unspecified atom stereocenters. The monoisotopic (exact) mass is 381 g/mol. The zero-order valence-corrected chi connectivity index (χ0v) is 17.6. The third-order valence-corrected chi connectivity index (χ3v) is 8.75. The van der Waals surface area contributed by atoms with Gasteiger partial charge in [0.25, 0.3) is 0 Å². The molecule has 2 rings (SSSR count). The van der Waals surface area contributed by atoms with Crippen LogP contribution in [0, 0.1) is 17.6 Å². The van der Waals surface area contributed by atoms with Crippen LogP contribution in [0.15, 0.2) is 12.1 Å². The summed E-state index contributed by atoms with van der Waals surface area (Å²) < 4.78 is 33.3. The predicted octanol–water partition coefficient (Wildman–Crippen LogP) is 7.17. The van der Waals surface area contributed by atoms with Crippen LogP contribution in [0.5, 0.6) is 5.75 Å². The van der Waals surface area contributed by atoms with Gasteiger partial charge in [-0.25, -0.2) is 4.39 Å². The number of benzene rings is 1. The summed E-state index contributed by atoms with van der Waals surface area (Å²) >= 11 is 0. The molecule has 0 aliphatic carbocycles. The summed E-state index contributed by atoms with van der Waals surface area (Å²) in [4.78, 5) is 0. The first-order valence-electron chi connectivity index (χ1n) is 10.6. The topological polar surface area (TPSA) is 9.23 Å². The SMILES string of the molecule is CCCCCCC[Si]1CCC(CCc2ccc(OCC)c(F)c2F)CC1. The molecule has 0 N–H and O–H groups in total. The van der Waals surface area contributed by atoms with Crippen LogP contribution >= 0.6 is 0 Å². The van der Waals surface area contributed by atoms with Crippen molar-refractivity contribution in [3.8, 4) is 5.75 Å². The van der Waals surface area contributed by atoms with Gasteiger partial charge in [0, 0.05) is 8.80 Å². The van der Waals surface area contributed by atoms with Gasteiger partial charge in [-0.05, 0) is 37.3 Å². The average Bonchev–Trinajstić information content (AvgIpc) is 2.66. The van der Waals surface area contributed by atoms with Crippen molar-refractivity contribution >= 4 is 8.80 Å². The van der Waals surface area contributed by atoms with Gasteiger partial charge in [-0.15, -0.1) is 0 Å². The lowest BCUT2D eigenvalue weighted by molar-refractivity contribution is 0.313. The van der Waals surface area contributed by atoms with Crippen LogP contribution in [0.3, 0.4) is 0 Å². The molecule has 1 saturated heterocycles. The molecule has 1 radical (unpaired) electrons. The Bertz CT molecular complexity index is 527. The molecule has 1 fully saturated rings. The molecule has 0 bridgehead atoms. The third kappa shape index (κ3) is 6.68. The first kappa shape index (κ1) is 21.4. The minimum Gasteiger partial charge on any atom is -0.491 e. The van der Waals surface area contributed by atoms with Crippen LogP contribution < -0.4 is 4.74 Å². The highest BCUT2D eigenvalue weighted by Gasteiger charge is 2.23. The average molecular weight is 382 g/mol. The van der Waals surface area contributed by atoms with Crippen molar-refractivity contribution in [3.63, 3.8) is 0 Å². The second-order valence-corrected chi connectivity index (χ2v) is 10.7. The minimum absolute atomic E-state index is 0.0256. The Morgan fingerprint density at radius 1 is 1.00 bits per heavy atom. The van der Waals surface area contributed by atoms with Crippen LogP contribution in [-0.2, 0) is 6.42 Å². The standard InChI is InChI=1S/C22H35F2OSi/c1-3-5-6-7-8-15-26-16-13-18(14-17-26)9-10-19-11-12-20(25-4-2)22(24)21(19)23/h11-12,18H,3-10,13-17H2,1-2H3. The summed E-state index contributed by atoms with van der Waals surface area (Å²) in [6.07, 6.45) is 11.1. The minimum atomic E-state index is -0.832. The highest BCUT2D eigenvalue weighted by atomic mass is 28.3. The summed E-state index contributed by atoms with van der Waals surface area (Å²) in [5, 5.41) is 0. The molecule has 1 aliphatic heterocycles. The van der Waals surface area contributed by atoms with E-state index in [-0.39, 0.29) is 14.5 Å². The lowest BCUT2D eigenvalue weighted by Gasteiger charge is -2.27. The van der Waals surface area contributed by atoms with Crippen molar-refractivity contribution in [2.45, 2.75) is 89.8 Å². The summed E-state index contributed by atoms with van der Waals surface area (Å²) in [7, 11) is -0.127. The Labute approximate surface area is 160 Å². The van der Waals surface area contributed by atoms with E-state index in [9.17, 15) is 8.78 Å². The highest BCUT2D eigenvalue weighted by molar-refractivity contribution is 6.58. The van der Waals surface area contributed by atoms with E-state index < -0.39 is 11.6 Å². The van der Waals surface area contributed by atoms with E-state index in [0.29, 0.717) is 24.5 Å². The van der Waals surface area contributed by atoms with Crippen LogP contribution in [-0.4, -0.2) is 15.4 Å². The Kier molecular flexibility index (Phi) is 9.66. The molecular formula is C22H35F2OSi. The Morgan fingerprint density at radius 3 is 2.42 bits per heavy atom. The third-order valence-electron chi connectivity index (χ3n) is 5.69. The molecule has 0 atom stereocenters. The molecule has 1 aromatic rings. The summed E-state index contributed by atoms with van der Waals surface area (Å²) in [5.74, 6) is -0.833. The highest BCUT2D eigenvalue weighted by Crippen LogP contribution is 2.32. The van der Waals surface area contributed by atoms with Gasteiger partial charge in [0.2, 0.25) is 5.82 Å². The molecular weight excluding hydrogens is 346 g/mol. The van der Waals surface area contributed by atoms with E-state index >= 15 is 0 Å². The van der Waals surface area contributed by atoms with Gasteiger partial charge in [-0.1, -0.05) is 76.1 Å². The molecule has 0 spiro atoms. The molecule has 1 heterocycles. The van der Waals surface area contributed by atoms with E-state index in [1.165, 1.54) is 63.1 Å². The fourth-order valence-corrected chi connectivity index (χ4v) is 7.13. The van der Waals surface area contributed by atoms with E-state index in [4.69, 9.17) is 4.74 Å². The van der Waals surface area contributed by atoms with Gasteiger partial charge >= 0.3 is 0 Å². The van der Waals surface area contributed by atoms with Crippen LogP contribution in [0.4, 0.5) is 8.78 Å². The second-order valence-electron chi connectivity index (χ2n) is 7.68. The number of halogens is 2. The van der Waals surface area contributed by atoms with E-state index in [1.54, 1.807) is 19.1 Å². The predicted molar refractivity (Wildman–Crippen MR) is 108 cm³/mol. The summed E-state index contributed by atoms with van der Waals surface area (Å²) in [6.45, 7) is 4.39.